The van der Waals surface area contributed by atoms with Gasteiger partial charge in [0.25, 0.3) is 0 Å². The van der Waals surface area contributed by atoms with Gasteiger partial charge in [-0.2, -0.15) is 0 Å². The zero-order valence-corrected chi connectivity index (χ0v) is 17.5. The molecule has 0 aromatic rings. The molecule has 4 aliphatic rings. The molecule has 4 fully saturated rings. The summed E-state index contributed by atoms with van der Waals surface area (Å²) < 4.78 is 5.90. The normalized spacial score (nSPS) is 36.8. The molecule has 0 amide bonds. The Morgan fingerprint density at radius 2 is 1.46 bits per heavy atom. The maximum Gasteiger partial charge on any atom is 0.306 e. The van der Waals surface area contributed by atoms with Crippen molar-refractivity contribution in [3.63, 3.8) is 0 Å². The van der Waals surface area contributed by atoms with Crippen molar-refractivity contribution in [3.05, 3.63) is 0 Å². The van der Waals surface area contributed by atoms with E-state index in [1.165, 1.54) is 83.5 Å². The van der Waals surface area contributed by atoms with Crippen molar-refractivity contribution in [3.8, 4) is 0 Å². The lowest BCUT2D eigenvalue weighted by Crippen LogP contribution is -2.51. The summed E-state index contributed by atoms with van der Waals surface area (Å²) in [4.78, 5) is 11.8. The maximum absolute atomic E-state index is 11.8. The van der Waals surface area contributed by atoms with Gasteiger partial charge in [-0.3, -0.25) is 4.79 Å². The quantitative estimate of drug-likeness (QED) is 0.320. The average molecular weight is 363 g/mol. The first-order valence-electron chi connectivity index (χ1n) is 11.8. The number of ether oxygens (including phenoxy) is 1. The van der Waals surface area contributed by atoms with Gasteiger partial charge in [-0.25, -0.2) is 0 Å². The molecular weight excluding hydrogens is 320 g/mol. The van der Waals surface area contributed by atoms with Crippen LogP contribution in [-0.4, -0.2) is 11.6 Å². The first-order chi connectivity index (χ1) is 12.6. The van der Waals surface area contributed by atoms with Crippen molar-refractivity contribution in [1.82, 2.24) is 0 Å². The molecule has 4 saturated carbocycles. The predicted molar refractivity (Wildman–Crippen MR) is 108 cm³/mol. The summed E-state index contributed by atoms with van der Waals surface area (Å²) in [7, 11) is 0. The van der Waals surface area contributed by atoms with E-state index < -0.39 is 0 Å². The Labute approximate surface area is 161 Å². The lowest BCUT2D eigenvalue weighted by molar-refractivity contribution is -0.182. The molecule has 150 valence electrons. The zero-order chi connectivity index (χ0) is 18.5. The highest BCUT2D eigenvalue weighted by Crippen LogP contribution is 2.60. The summed E-state index contributed by atoms with van der Waals surface area (Å²) in [5, 5.41) is 0. The van der Waals surface area contributed by atoms with Gasteiger partial charge >= 0.3 is 5.97 Å². The first kappa shape index (κ1) is 20.2. The second-order valence-electron chi connectivity index (χ2n) is 9.79. The van der Waals surface area contributed by atoms with Gasteiger partial charge < -0.3 is 4.74 Å². The molecule has 0 saturated heterocycles. The molecule has 2 bridgehead atoms. The van der Waals surface area contributed by atoms with Crippen molar-refractivity contribution in [2.24, 2.45) is 17.3 Å². The molecule has 2 heteroatoms. The summed E-state index contributed by atoms with van der Waals surface area (Å²) in [6.45, 7) is 4.21. The van der Waals surface area contributed by atoms with Crippen LogP contribution in [-0.2, 0) is 9.53 Å². The van der Waals surface area contributed by atoms with Gasteiger partial charge in [-0.1, -0.05) is 65.2 Å². The minimum Gasteiger partial charge on any atom is -0.459 e. The summed E-state index contributed by atoms with van der Waals surface area (Å²) in [6.07, 6.45) is 22.4. The molecule has 0 aromatic heterocycles. The summed E-state index contributed by atoms with van der Waals surface area (Å²) in [5.74, 6) is 1.99. The highest BCUT2D eigenvalue weighted by Gasteiger charge is 2.53. The Morgan fingerprint density at radius 1 is 0.846 bits per heavy atom. The van der Waals surface area contributed by atoms with Crippen LogP contribution in [0.3, 0.4) is 0 Å². The summed E-state index contributed by atoms with van der Waals surface area (Å²) >= 11 is 0. The van der Waals surface area contributed by atoms with E-state index in [0.29, 0.717) is 11.8 Å². The number of fused-ring (bicyclic) bond motifs is 3. The summed E-state index contributed by atoms with van der Waals surface area (Å²) in [5.41, 5.74) is 0.525. The zero-order valence-electron chi connectivity index (χ0n) is 17.5. The Bertz CT molecular complexity index is 423. The van der Waals surface area contributed by atoms with Crippen molar-refractivity contribution in [1.29, 1.82) is 0 Å². The van der Waals surface area contributed by atoms with Crippen molar-refractivity contribution in [2.45, 2.75) is 129 Å². The third-order valence-corrected chi connectivity index (χ3v) is 8.28. The van der Waals surface area contributed by atoms with E-state index in [0.717, 1.165) is 31.1 Å². The second-order valence-corrected chi connectivity index (χ2v) is 9.79. The Morgan fingerprint density at radius 3 is 2.04 bits per heavy atom. The van der Waals surface area contributed by atoms with Crippen LogP contribution < -0.4 is 0 Å². The molecule has 0 unspecified atom stereocenters. The third kappa shape index (κ3) is 4.65. The molecular formula is C24H42O2. The minimum absolute atomic E-state index is 0.0128. The lowest BCUT2D eigenvalue weighted by Gasteiger charge is -2.56. The molecule has 0 radical (unpaired) electrons. The number of carbonyl (C=O) groups excluding carboxylic acids is 1. The number of hydrogen-bond donors (Lipinski definition) is 0. The van der Waals surface area contributed by atoms with E-state index in [1.807, 2.05) is 6.92 Å². The van der Waals surface area contributed by atoms with Crippen LogP contribution in [0.15, 0.2) is 0 Å². The number of rotatable bonds is 9. The highest BCUT2D eigenvalue weighted by atomic mass is 16.6. The van der Waals surface area contributed by atoms with Crippen LogP contribution in [0, 0.1) is 17.3 Å². The van der Waals surface area contributed by atoms with Gasteiger partial charge in [-0.05, 0) is 68.6 Å². The topological polar surface area (TPSA) is 26.3 Å². The van der Waals surface area contributed by atoms with Crippen LogP contribution in [0.1, 0.15) is 123 Å². The number of carbonyl (C=O) groups is 1. The van der Waals surface area contributed by atoms with Crippen molar-refractivity contribution >= 4 is 5.97 Å². The molecule has 4 rings (SSSR count). The Hall–Kier alpha value is -0.530. The monoisotopic (exact) mass is 362 g/mol. The lowest BCUT2D eigenvalue weighted by atomic mass is 9.51. The fraction of sp³-hybridized carbons (Fsp3) is 0.958. The van der Waals surface area contributed by atoms with E-state index >= 15 is 0 Å². The molecule has 2 nitrogen and oxygen atoms in total. The number of hydrogen-bond acceptors (Lipinski definition) is 2. The van der Waals surface area contributed by atoms with Gasteiger partial charge in [0, 0.05) is 6.42 Å². The van der Waals surface area contributed by atoms with Crippen molar-refractivity contribution in [2.75, 3.05) is 0 Å². The molecule has 26 heavy (non-hydrogen) atoms. The Kier molecular flexibility index (Phi) is 7.08. The summed E-state index contributed by atoms with van der Waals surface area (Å²) in [6, 6.07) is 0. The van der Waals surface area contributed by atoms with Gasteiger partial charge in [0.1, 0.15) is 5.60 Å². The van der Waals surface area contributed by atoms with Gasteiger partial charge in [0.2, 0.25) is 0 Å². The van der Waals surface area contributed by atoms with E-state index in [2.05, 4.69) is 6.92 Å². The Balaban J connectivity index is 1.41. The molecule has 0 spiro atoms. The van der Waals surface area contributed by atoms with Crippen LogP contribution >= 0.6 is 0 Å². The fourth-order valence-corrected chi connectivity index (χ4v) is 6.36. The SMILES string of the molecule is CCCCCCC[C@H]1CC[C@H](C23CCC(OC(=O)CC)(CC2)CC3)CC1. The third-order valence-electron chi connectivity index (χ3n) is 8.28. The highest BCUT2D eigenvalue weighted by molar-refractivity contribution is 5.69. The smallest absolute Gasteiger partial charge is 0.306 e. The standard InChI is InChI=1S/C24H42O2/c1-3-5-6-7-8-9-20-10-12-21(13-11-20)23-14-17-24(18-15-23,19-16-23)26-22(25)4-2/h20-21H,3-19H2,1-2H3/t20-,21-,23?,24?. The molecule has 0 N–H and O–H groups in total. The number of unbranched alkanes of at least 4 members (excludes halogenated alkanes) is 4. The van der Waals surface area contributed by atoms with Crippen LogP contribution in [0.5, 0.6) is 0 Å². The van der Waals surface area contributed by atoms with E-state index in [4.69, 9.17) is 4.74 Å². The fourth-order valence-electron chi connectivity index (χ4n) is 6.36. The minimum atomic E-state index is -0.0788. The van der Waals surface area contributed by atoms with Crippen molar-refractivity contribution < 1.29 is 9.53 Å². The average Bonchev–Trinajstić information content (AvgIpc) is 2.69. The molecule has 0 atom stereocenters. The first-order valence-corrected chi connectivity index (χ1v) is 11.8. The van der Waals surface area contributed by atoms with E-state index in [9.17, 15) is 4.79 Å². The predicted octanol–water partition coefficient (Wildman–Crippen LogP) is 7.20. The largest absolute Gasteiger partial charge is 0.459 e. The second kappa shape index (κ2) is 9.11. The van der Waals surface area contributed by atoms with Gasteiger partial charge in [0.05, 0.1) is 0 Å². The molecule has 0 aliphatic heterocycles. The van der Waals surface area contributed by atoms with Crippen LogP contribution in [0.2, 0.25) is 0 Å². The maximum atomic E-state index is 11.8. The molecule has 0 aromatic carbocycles. The van der Waals surface area contributed by atoms with E-state index in [1.54, 1.807) is 0 Å². The van der Waals surface area contributed by atoms with Gasteiger partial charge in [-0.15, -0.1) is 0 Å². The van der Waals surface area contributed by atoms with E-state index in [-0.39, 0.29) is 11.6 Å². The molecule has 4 aliphatic carbocycles. The van der Waals surface area contributed by atoms with Crippen LogP contribution in [0.25, 0.3) is 0 Å². The van der Waals surface area contributed by atoms with Crippen LogP contribution in [0.4, 0.5) is 0 Å². The number of esters is 1. The molecule has 0 heterocycles. The van der Waals surface area contributed by atoms with Gasteiger partial charge in [0.15, 0.2) is 0 Å².